The standard InChI is InChI=1S/C26H32O7S/c1-3-5-16-30-17-20-21(27)22(32-24(28)18-12-8-6-9-13-18)23(26(31-20)34-4-2)33-25(29)19-14-10-7-11-15-19/h6-15,20-23,26-27H,3-5,16-17H2,1-2H3/t20?,21-,22?,23?,26+/m1/s1. The van der Waals surface area contributed by atoms with Crippen LogP contribution in [-0.4, -0.2) is 65.9 Å². The van der Waals surface area contributed by atoms with E-state index in [4.69, 9.17) is 18.9 Å². The van der Waals surface area contributed by atoms with E-state index in [1.165, 1.54) is 11.8 Å². The van der Waals surface area contributed by atoms with Crippen molar-refractivity contribution in [2.75, 3.05) is 19.0 Å². The molecule has 1 aliphatic rings. The molecule has 2 aromatic rings. The highest BCUT2D eigenvalue weighted by Gasteiger charge is 2.50. The molecule has 1 saturated heterocycles. The Morgan fingerprint density at radius 2 is 1.47 bits per heavy atom. The Labute approximate surface area is 204 Å². The van der Waals surface area contributed by atoms with Gasteiger partial charge in [-0.3, -0.25) is 0 Å². The predicted octanol–water partition coefficient (Wildman–Crippen LogP) is 4.09. The molecule has 1 N–H and O–H groups in total. The maximum atomic E-state index is 12.9. The number of unbranched alkanes of at least 4 members (excludes halogenated alkanes) is 1. The van der Waals surface area contributed by atoms with Crippen LogP contribution in [0.25, 0.3) is 0 Å². The maximum Gasteiger partial charge on any atom is 0.338 e. The van der Waals surface area contributed by atoms with Gasteiger partial charge in [0.25, 0.3) is 0 Å². The molecule has 1 fully saturated rings. The van der Waals surface area contributed by atoms with E-state index < -0.39 is 41.8 Å². The van der Waals surface area contributed by atoms with E-state index in [1.807, 2.05) is 6.92 Å². The molecular weight excluding hydrogens is 456 g/mol. The molecule has 1 aliphatic heterocycles. The van der Waals surface area contributed by atoms with Gasteiger partial charge in [0.05, 0.1) is 17.7 Å². The molecule has 0 amide bonds. The summed E-state index contributed by atoms with van der Waals surface area (Å²) in [6.45, 7) is 4.69. The van der Waals surface area contributed by atoms with Crippen molar-refractivity contribution >= 4 is 23.7 Å². The van der Waals surface area contributed by atoms with Gasteiger partial charge in [0.1, 0.15) is 17.6 Å². The van der Waals surface area contributed by atoms with Crippen LogP contribution in [0.5, 0.6) is 0 Å². The quantitative estimate of drug-likeness (QED) is 0.374. The number of hydrogen-bond acceptors (Lipinski definition) is 8. The van der Waals surface area contributed by atoms with Gasteiger partial charge in [0.2, 0.25) is 0 Å². The Morgan fingerprint density at radius 3 is 2.00 bits per heavy atom. The van der Waals surface area contributed by atoms with Gasteiger partial charge in [-0.05, 0) is 36.4 Å². The summed E-state index contributed by atoms with van der Waals surface area (Å²) in [7, 11) is 0. The monoisotopic (exact) mass is 488 g/mol. The van der Waals surface area contributed by atoms with Gasteiger partial charge in [0, 0.05) is 6.61 Å². The Bertz CT molecular complexity index is 893. The number of benzene rings is 2. The van der Waals surface area contributed by atoms with Gasteiger partial charge < -0.3 is 24.1 Å². The number of rotatable bonds is 11. The molecule has 184 valence electrons. The topological polar surface area (TPSA) is 91.3 Å². The van der Waals surface area contributed by atoms with Gasteiger partial charge >= 0.3 is 11.9 Å². The zero-order valence-electron chi connectivity index (χ0n) is 19.5. The number of hydrogen-bond donors (Lipinski definition) is 1. The van der Waals surface area contributed by atoms with Crippen molar-refractivity contribution in [3.05, 3.63) is 71.8 Å². The van der Waals surface area contributed by atoms with Crippen LogP contribution in [0.2, 0.25) is 0 Å². The molecule has 0 spiro atoms. The second-order valence-corrected chi connectivity index (χ2v) is 9.26. The second kappa shape index (κ2) is 13.5. The van der Waals surface area contributed by atoms with E-state index in [0.717, 1.165) is 12.8 Å². The van der Waals surface area contributed by atoms with Crippen LogP contribution in [0.1, 0.15) is 47.4 Å². The van der Waals surface area contributed by atoms with Crippen LogP contribution in [0.3, 0.4) is 0 Å². The summed E-state index contributed by atoms with van der Waals surface area (Å²) in [6, 6.07) is 17.0. The zero-order chi connectivity index (χ0) is 24.3. The summed E-state index contributed by atoms with van der Waals surface area (Å²) in [4.78, 5) is 25.7. The lowest BCUT2D eigenvalue weighted by molar-refractivity contribution is -0.210. The van der Waals surface area contributed by atoms with E-state index in [1.54, 1.807) is 60.7 Å². The van der Waals surface area contributed by atoms with Crippen molar-refractivity contribution in [3.63, 3.8) is 0 Å². The molecule has 0 radical (unpaired) electrons. The molecule has 0 aromatic heterocycles. The van der Waals surface area contributed by atoms with Crippen LogP contribution < -0.4 is 0 Å². The van der Waals surface area contributed by atoms with Crippen molar-refractivity contribution < 1.29 is 33.6 Å². The first kappa shape index (κ1) is 26.2. The molecule has 3 rings (SSSR count). The molecule has 2 aromatic carbocycles. The number of thioether (sulfide) groups is 1. The van der Waals surface area contributed by atoms with Crippen LogP contribution in [0.15, 0.2) is 60.7 Å². The summed E-state index contributed by atoms with van der Waals surface area (Å²) in [6.07, 6.45) is -2.24. The average molecular weight is 489 g/mol. The van der Waals surface area contributed by atoms with E-state index in [9.17, 15) is 14.7 Å². The normalized spacial score (nSPS) is 24.4. The van der Waals surface area contributed by atoms with Crippen LogP contribution in [0.4, 0.5) is 0 Å². The summed E-state index contributed by atoms with van der Waals surface area (Å²) >= 11 is 1.42. The molecule has 0 bridgehead atoms. The second-order valence-electron chi connectivity index (χ2n) is 7.89. The minimum Gasteiger partial charge on any atom is -0.452 e. The SMILES string of the molecule is CCCCOCC1O[C@@H](SCC)C(OC(=O)c2ccccc2)C(OC(=O)c2ccccc2)[C@@H]1O. The molecule has 8 heteroatoms. The lowest BCUT2D eigenvalue weighted by Gasteiger charge is -2.43. The highest BCUT2D eigenvalue weighted by Crippen LogP contribution is 2.33. The fraction of sp³-hybridized carbons (Fsp3) is 0.462. The average Bonchev–Trinajstić information content (AvgIpc) is 2.87. The predicted molar refractivity (Wildman–Crippen MR) is 130 cm³/mol. The van der Waals surface area contributed by atoms with Crippen molar-refractivity contribution in [3.8, 4) is 0 Å². The van der Waals surface area contributed by atoms with E-state index in [-0.39, 0.29) is 6.61 Å². The minimum atomic E-state index is -1.24. The maximum absolute atomic E-state index is 12.9. The van der Waals surface area contributed by atoms with Gasteiger partial charge in [-0.2, -0.15) is 0 Å². The molecule has 0 aliphatic carbocycles. The highest BCUT2D eigenvalue weighted by molar-refractivity contribution is 7.99. The number of ether oxygens (including phenoxy) is 4. The van der Waals surface area contributed by atoms with E-state index in [0.29, 0.717) is 23.5 Å². The number of aliphatic hydroxyl groups excluding tert-OH is 1. The highest BCUT2D eigenvalue weighted by atomic mass is 32.2. The van der Waals surface area contributed by atoms with Crippen molar-refractivity contribution in [2.45, 2.75) is 56.5 Å². The summed E-state index contributed by atoms with van der Waals surface area (Å²) in [5.74, 6) is -0.525. The van der Waals surface area contributed by atoms with Gasteiger partial charge in [-0.1, -0.05) is 56.7 Å². The molecule has 1 heterocycles. The number of carbonyl (C=O) groups excluding carboxylic acids is 2. The number of aliphatic hydroxyl groups is 1. The minimum absolute atomic E-state index is 0.140. The fourth-order valence-corrected chi connectivity index (χ4v) is 4.51. The van der Waals surface area contributed by atoms with Crippen LogP contribution in [0, 0.1) is 0 Å². The van der Waals surface area contributed by atoms with Gasteiger partial charge in [-0.25, -0.2) is 9.59 Å². The molecule has 0 saturated carbocycles. The lowest BCUT2D eigenvalue weighted by Crippen LogP contribution is -2.60. The van der Waals surface area contributed by atoms with Gasteiger partial charge in [-0.15, -0.1) is 11.8 Å². The van der Waals surface area contributed by atoms with E-state index >= 15 is 0 Å². The summed E-state index contributed by atoms with van der Waals surface area (Å²) < 4.78 is 23.3. The third kappa shape index (κ3) is 7.06. The number of esters is 2. The van der Waals surface area contributed by atoms with Crippen molar-refractivity contribution in [1.29, 1.82) is 0 Å². The largest absolute Gasteiger partial charge is 0.452 e. The molecule has 3 unspecified atom stereocenters. The molecule has 34 heavy (non-hydrogen) atoms. The first-order valence-electron chi connectivity index (χ1n) is 11.6. The Morgan fingerprint density at radius 1 is 0.912 bits per heavy atom. The van der Waals surface area contributed by atoms with Crippen LogP contribution in [-0.2, 0) is 18.9 Å². The van der Waals surface area contributed by atoms with Crippen molar-refractivity contribution in [1.82, 2.24) is 0 Å². The lowest BCUT2D eigenvalue weighted by atomic mass is 9.99. The molecular formula is C26H32O7S. The third-order valence-corrected chi connectivity index (χ3v) is 6.42. The first-order chi connectivity index (χ1) is 16.5. The Kier molecular flexibility index (Phi) is 10.4. The molecule has 7 nitrogen and oxygen atoms in total. The van der Waals surface area contributed by atoms with Crippen LogP contribution >= 0.6 is 11.8 Å². The first-order valence-corrected chi connectivity index (χ1v) is 12.6. The zero-order valence-corrected chi connectivity index (χ0v) is 20.3. The molecule has 5 atom stereocenters. The summed E-state index contributed by atoms with van der Waals surface area (Å²) in [5.41, 5.74) is 0.0505. The Hall–Kier alpha value is -2.39. The Balaban J connectivity index is 1.84. The summed E-state index contributed by atoms with van der Waals surface area (Å²) in [5, 5.41) is 11.1. The fourth-order valence-electron chi connectivity index (χ4n) is 3.56. The van der Waals surface area contributed by atoms with E-state index in [2.05, 4.69) is 6.92 Å². The van der Waals surface area contributed by atoms with Gasteiger partial charge in [0.15, 0.2) is 12.2 Å². The third-order valence-electron chi connectivity index (χ3n) is 5.38. The smallest absolute Gasteiger partial charge is 0.338 e. The number of carbonyl (C=O) groups is 2. The van der Waals surface area contributed by atoms with Crippen molar-refractivity contribution in [2.24, 2.45) is 0 Å².